The van der Waals surface area contributed by atoms with Gasteiger partial charge in [-0.25, -0.2) is 8.78 Å². The summed E-state index contributed by atoms with van der Waals surface area (Å²) in [5.74, 6) is -1.82. The number of hydrogen-bond donors (Lipinski definition) is 1. The first kappa shape index (κ1) is 14.7. The van der Waals surface area contributed by atoms with Gasteiger partial charge in [-0.15, -0.1) is 0 Å². The average Bonchev–Trinajstić information content (AvgIpc) is 2.46. The lowest BCUT2D eigenvalue weighted by Crippen LogP contribution is -2.21. The monoisotopic (exact) mass is 276 g/mol. The van der Waals surface area contributed by atoms with Crippen LogP contribution in [0.5, 0.6) is 0 Å². The van der Waals surface area contributed by atoms with Crippen LogP contribution in [-0.4, -0.2) is 11.2 Å². The fourth-order valence-electron chi connectivity index (χ4n) is 2.50. The first-order chi connectivity index (χ1) is 9.63. The maximum atomic E-state index is 13.6. The van der Waals surface area contributed by atoms with E-state index < -0.39 is 17.7 Å². The molecule has 0 amide bonds. The fraction of sp³-hybridized carbons (Fsp3) is 0.294. The SMILES string of the molecule is CCC(c1ccccc1)C(O)Cc1cccc(F)c1F. The maximum absolute atomic E-state index is 13.6. The summed E-state index contributed by atoms with van der Waals surface area (Å²) in [6.45, 7) is 1.98. The Balaban J connectivity index is 2.18. The fourth-order valence-corrected chi connectivity index (χ4v) is 2.50. The van der Waals surface area contributed by atoms with Crippen molar-refractivity contribution >= 4 is 0 Å². The van der Waals surface area contributed by atoms with Crippen LogP contribution in [0, 0.1) is 11.6 Å². The van der Waals surface area contributed by atoms with Gasteiger partial charge in [-0.2, -0.15) is 0 Å². The van der Waals surface area contributed by atoms with E-state index in [0.717, 1.165) is 18.1 Å². The van der Waals surface area contributed by atoms with E-state index in [9.17, 15) is 13.9 Å². The molecule has 0 saturated carbocycles. The Kier molecular flexibility index (Phi) is 4.85. The summed E-state index contributed by atoms with van der Waals surface area (Å²) in [4.78, 5) is 0. The molecule has 0 aliphatic heterocycles. The molecule has 1 nitrogen and oxygen atoms in total. The molecular weight excluding hydrogens is 258 g/mol. The number of halogens is 2. The molecule has 0 fully saturated rings. The van der Waals surface area contributed by atoms with Crippen LogP contribution in [0.25, 0.3) is 0 Å². The van der Waals surface area contributed by atoms with Gasteiger partial charge in [0.2, 0.25) is 0 Å². The van der Waals surface area contributed by atoms with Gasteiger partial charge in [0.05, 0.1) is 6.10 Å². The van der Waals surface area contributed by atoms with E-state index in [4.69, 9.17) is 0 Å². The zero-order valence-corrected chi connectivity index (χ0v) is 11.4. The minimum absolute atomic E-state index is 0.0844. The molecule has 2 rings (SSSR count). The molecule has 2 aromatic carbocycles. The van der Waals surface area contributed by atoms with Gasteiger partial charge in [0.15, 0.2) is 11.6 Å². The third-order valence-electron chi connectivity index (χ3n) is 3.59. The highest BCUT2D eigenvalue weighted by molar-refractivity contribution is 5.24. The minimum atomic E-state index is -0.873. The Labute approximate surface area is 117 Å². The molecule has 0 heterocycles. The minimum Gasteiger partial charge on any atom is -0.392 e. The normalized spacial score (nSPS) is 14.0. The Hall–Kier alpha value is -1.74. The second-order valence-electron chi connectivity index (χ2n) is 4.91. The van der Waals surface area contributed by atoms with Crippen molar-refractivity contribution in [3.63, 3.8) is 0 Å². The highest BCUT2D eigenvalue weighted by Crippen LogP contribution is 2.26. The predicted octanol–water partition coefficient (Wildman–Crippen LogP) is 4.06. The molecule has 1 N–H and O–H groups in total. The zero-order chi connectivity index (χ0) is 14.5. The van der Waals surface area contributed by atoms with Crippen molar-refractivity contribution in [1.82, 2.24) is 0 Å². The highest BCUT2D eigenvalue weighted by Gasteiger charge is 2.21. The topological polar surface area (TPSA) is 20.2 Å². The van der Waals surface area contributed by atoms with Crippen LogP contribution >= 0.6 is 0 Å². The van der Waals surface area contributed by atoms with Crippen molar-refractivity contribution in [3.8, 4) is 0 Å². The molecule has 0 radical (unpaired) electrons. The van der Waals surface area contributed by atoms with Crippen molar-refractivity contribution in [1.29, 1.82) is 0 Å². The number of aliphatic hydroxyl groups is 1. The van der Waals surface area contributed by atoms with Crippen LogP contribution in [0.2, 0.25) is 0 Å². The van der Waals surface area contributed by atoms with Crippen molar-refractivity contribution in [2.75, 3.05) is 0 Å². The van der Waals surface area contributed by atoms with Gasteiger partial charge in [0, 0.05) is 12.3 Å². The quantitative estimate of drug-likeness (QED) is 0.873. The van der Waals surface area contributed by atoms with Crippen LogP contribution in [0.3, 0.4) is 0 Å². The van der Waals surface area contributed by atoms with Gasteiger partial charge in [-0.05, 0) is 23.6 Å². The largest absolute Gasteiger partial charge is 0.392 e. The van der Waals surface area contributed by atoms with E-state index >= 15 is 0 Å². The van der Waals surface area contributed by atoms with Gasteiger partial charge < -0.3 is 5.11 Å². The third kappa shape index (κ3) is 3.23. The van der Waals surface area contributed by atoms with Gasteiger partial charge in [0.1, 0.15) is 0 Å². The van der Waals surface area contributed by atoms with Gasteiger partial charge in [-0.1, -0.05) is 49.4 Å². The molecular formula is C17H18F2O. The molecule has 2 unspecified atom stereocenters. The molecule has 2 aromatic rings. The summed E-state index contributed by atoms with van der Waals surface area (Å²) in [6, 6.07) is 13.7. The van der Waals surface area contributed by atoms with E-state index in [1.165, 1.54) is 12.1 Å². The van der Waals surface area contributed by atoms with Crippen LogP contribution in [0.1, 0.15) is 30.4 Å². The molecule has 0 aliphatic carbocycles. The Morgan fingerprint density at radius 2 is 1.70 bits per heavy atom. The van der Waals surface area contributed by atoms with Crippen LogP contribution in [0.15, 0.2) is 48.5 Å². The van der Waals surface area contributed by atoms with Gasteiger partial charge >= 0.3 is 0 Å². The van der Waals surface area contributed by atoms with E-state index in [1.54, 1.807) is 0 Å². The van der Waals surface area contributed by atoms with Crippen LogP contribution < -0.4 is 0 Å². The lowest BCUT2D eigenvalue weighted by atomic mass is 9.87. The van der Waals surface area contributed by atoms with E-state index in [-0.39, 0.29) is 17.9 Å². The molecule has 2 atom stereocenters. The standard InChI is InChI=1S/C17H18F2O/c1-2-14(12-7-4-3-5-8-12)16(20)11-13-9-6-10-15(18)17(13)19/h3-10,14,16,20H,2,11H2,1H3. The summed E-state index contributed by atoms with van der Waals surface area (Å²) in [6.07, 6.45) is 0.109. The van der Waals surface area contributed by atoms with Crippen molar-refractivity contribution in [3.05, 3.63) is 71.3 Å². The van der Waals surface area contributed by atoms with Crippen LogP contribution in [-0.2, 0) is 6.42 Å². The molecule has 0 spiro atoms. The van der Waals surface area contributed by atoms with E-state index in [2.05, 4.69) is 0 Å². The van der Waals surface area contributed by atoms with Gasteiger partial charge in [-0.3, -0.25) is 0 Å². The van der Waals surface area contributed by atoms with Crippen molar-refractivity contribution in [2.24, 2.45) is 0 Å². The first-order valence-corrected chi connectivity index (χ1v) is 6.79. The molecule has 0 bridgehead atoms. The summed E-state index contributed by atoms with van der Waals surface area (Å²) in [5.41, 5.74) is 1.23. The average molecular weight is 276 g/mol. The molecule has 0 aromatic heterocycles. The molecule has 106 valence electrons. The first-order valence-electron chi connectivity index (χ1n) is 6.79. The van der Waals surface area contributed by atoms with E-state index in [0.29, 0.717) is 0 Å². The summed E-state index contributed by atoms with van der Waals surface area (Å²) >= 11 is 0. The lowest BCUT2D eigenvalue weighted by Gasteiger charge is -2.22. The molecule has 20 heavy (non-hydrogen) atoms. The molecule has 0 saturated heterocycles. The van der Waals surface area contributed by atoms with Crippen molar-refractivity contribution < 1.29 is 13.9 Å². The summed E-state index contributed by atoms with van der Waals surface area (Å²) < 4.78 is 26.8. The second kappa shape index (κ2) is 6.62. The smallest absolute Gasteiger partial charge is 0.162 e. The van der Waals surface area contributed by atoms with Gasteiger partial charge in [0.25, 0.3) is 0 Å². The maximum Gasteiger partial charge on any atom is 0.162 e. The summed E-state index contributed by atoms with van der Waals surface area (Å²) in [5, 5.41) is 10.3. The lowest BCUT2D eigenvalue weighted by molar-refractivity contribution is 0.139. The Bertz CT molecular complexity index is 554. The predicted molar refractivity (Wildman–Crippen MR) is 75.5 cm³/mol. The Morgan fingerprint density at radius 3 is 2.35 bits per heavy atom. The number of hydrogen-bond acceptors (Lipinski definition) is 1. The van der Waals surface area contributed by atoms with Crippen LogP contribution in [0.4, 0.5) is 8.78 Å². The molecule has 0 aliphatic rings. The third-order valence-corrected chi connectivity index (χ3v) is 3.59. The number of rotatable bonds is 5. The van der Waals surface area contributed by atoms with E-state index in [1.807, 2.05) is 37.3 Å². The summed E-state index contributed by atoms with van der Waals surface area (Å²) in [7, 11) is 0. The van der Waals surface area contributed by atoms with Crippen molar-refractivity contribution in [2.45, 2.75) is 31.8 Å². The Morgan fingerprint density at radius 1 is 1.00 bits per heavy atom. The number of benzene rings is 2. The highest BCUT2D eigenvalue weighted by atomic mass is 19.2. The number of aliphatic hydroxyl groups excluding tert-OH is 1. The zero-order valence-electron chi connectivity index (χ0n) is 11.4. The second-order valence-corrected chi connectivity index (χ2v) is 4.91. The molecule has 3 heteroatoms.